The number of imide groups is 2. The van der Waals surface area contributed by atoms with Crippen LogP contribution in [-0.4, -0.2) is 205 Å². The number of hydrogen-bond donors (Lipinski definition) is 1. The fraction of sp³-hybridized carbons (Fsp3) is 0.406. The summed E-state index contributed by atoms with van der Waals surface area (Å²) in [5.74, 6) is -11.1. The SMILES string of the molecule is CC(=O)OC[C@H]1O[C@@H](OC[C@H]2O[C@@H](OCCCN=[N+]=[N-])[C@H](N3C(=O)c4ccccc4C3=O)[C@@H](O[C@@H]3O[C@H](CO)[C@@H](OC(=O)c4ccc(C)cc4)[C@H](OC(=O)c4ccc(C)cc4)[C@H]3OC(=O)c3ccc(C)cc3)[C@H]2OC(C)=O)[C@H](N2C(=O)c3ccccc3C2=O)[C@@H](OC(C)=O)[C@H]1OC(C)=O. The molecule has 5 aliphatic heterocycles. The summed E-state index contributed by atoms with van der Waals surface area (Å²) in [6.45, 7) is 5.92. The van der Waals surface area contributed by atoms with Gasteiger partial charge in [-0.3, -0.25) is 48.2 Å². The van der Waals surface area contributed by atoms with Crippen molar-refractivity contribution in [2.75, 3.05) is 33.0 Å². The Morgan fingerprint density at radius 3 is 1.25 bits per heavy atom. The van der Waals surface area contributed by atoms with Gasteiger partial charge in [-0.25, -0.2) is 14.4 Å². The van der Waals surface area contributed by atoms with Gasteiger partial charge in [-0.15, -0.1) is 0 Å². The molecular formula is C69H69N5O25. The molecule has 1 N–H and O–H groups in total. The number of amides is 4. The van der Waals surface area contributed by atoms with Crippen molar-refractivity contribution >= 4 is 65.4 Å². The van der Waals surface area contributed by atoms with Crippen LogP contribution in [0.5, 0.6) is 0 Å². The number of fused-ring (bicyclic) bond motifs is 2. The molecule has 5 aromatic rings. The zero-order chi connectivity index (χ0) is 70.9. The van der Waals surface area contributed by atoms with Gasteiger partial charge in [0.25, 0.3) is 23.6 Å². The summed E-state index contributed by atoms with van der Waals surface area (Å²) in [6.07, 6.45) is -25.6. The molecule has 30 heteroatoms. The molecule has 15 atom stereocenters. The first kappa shape index (κ1) is 71.5. The van der Waals surface area contributed by atoms with E-state index in [-0.39, 0.29) is 51.9 Å². The minimum Gasteiger partial charge on any atom is -0.463 e. The summed E-state index contributed by atoms with van der Waals surface area (Å²) in [5.41, 5.74) is 10.8. The predicted molar refractivity (Wildman–Crippen MR) is 334 cm³/mol. The number of azide groups is 1. The lowest BCUT2D eigenvalue weighted by Crippen LogP contribution is -2.70. The van der Waals surface area contributed by atoms with Crippen molar-refractivity contribution < 1.29 is 119 Å². The second-order valence-electron chi connectivity index (χ2n) is 23.7. The lowest BCUT2D eigenvalue weighted by atomic mass is 9.93. The van der Waals surface area contributed by atoms with Gasteiger partial charge in [0, 0.05) is 45.8 Å². The van der Waals surface area contributed by atoms with Crippen molar-refractivity contribution in [1.82, 2.24) is 9.80 Å². The third-order valence-electron chi connectivity index (χ3n) is 16.7. The zero-order valence-corrected chi connectivity index (χ0v) is 54.4. The van der Waals surface area contributed by atoms with E-state index < -0.39 is 184 Å². The molecule has 4 amide bonds. The summed E-state index contributed by atoms with van der Waals surface area (Å²) in [6, 6.07) is 25.6. The van der Waals surface area contributed by atoms with Crippen molar-refractivity contribution in [2.45, 2.75) is 147 Å². The highest BCUT2D eigenvalue weighted by Gasteiger charge is 2.62. The lowest BCUT2D eigenvalue weighted by molar-refractivity contribution is -0.353. The first-order chi connectivity index (χ1) is 47.5. The van der Waals surface area contributed by atoms with Crippen LogP contribution in [0.4, 0.5) is 0 Å². The monoisotopic (exact) mass is 1370 g/mol. The third kappa shape index (κ3) is 16.0. The van der Waals surface area contributed by atoms with Crippen LogP contribution in [0.25, 0.3) is 10.4 Å². The van der Waals surface area contributed by atoms with Gasteiger partial charge in [-0.1, -0.05) is 82.5 Å². The molecule has 5 aromatic carbocycles. The van der Waals surface area contributed by atoms with E-state index in [1.807, 2.05) is 0 Å². The Morgan fingerprint density at radius 2 is 0.828 bits per heavy atom. The molecule has 5 aliphatic rings. The van der Waals surface area contributed by atoms with Gasteiger partial charge in [0.15, 0.2) is 55.5 Å². The van der Waals surface area contributed by atoms with E-state index >= 15 is 9.59 Å². The molecule has 30 nitrogen and oxygen atoms in total. The van der Waals surface area contributed by atoms with Crippen LogP contribution in [0.1, 0.15) is 123 Å². The van der Waals surface area contributed by atoms with Gasteiger partial charge in [0.05, 0.1) is 52.2 Å². The maximum atomic E-state index is 15.1. The normalized spacial score (nSPS) is 26.2. The molecule has 0 radical (unpaired) electrons. The Kier molecular flexibility index (Phi) is 22.7. The van der Waals surface area contributed by atoms with E-state index in [4.69, 9.17) is 61.6 Å². The van der Waals surface area contributed by atoms with Crippen molar-refractivity contribution in [1.29, 1.82) is 0 Å². The fourth-order valence-corrected chi connectivity index (χ4v) is 12.1. The number of aryl methyl sites for hydroxylation is 3. The van der Waals surface area contributed by atoms with E-state index in [1.54, 1.807) is 57.2 Å². The fourth-order valence-electron chi connectivity index (χ4n) is 12.1. The quantitative estimate of drug-likeness (QED) is 0.0150. The molecule has 0 spiro atoms. The van der Waals surface area contributed by atoms with E-state index in [9.17, 15) is 53.8 Å². The topological polar surface area (TPSA) is 383 Å². The van der Waals surface area contributed by atoms with Crippen molar-refractivity contribution in [3.63, 3.8) is 0 Å². The smallest absolute Gasteiger partial charge is 0.338 e. The number of nitrogens with zero attached hydrogens (tertiary/aromatic N) is 5. The average molecular weight is 1370 g/mol. The number of esters is 7. The lowest BCUT2D eigenvalue weighted by Gasteiger charge is -2.51. The summed E-state index contributed by atoms with van der Waals surface area (Å²) < 4.78 is 81.7. The number of benzene rings is 5. The van der Waals surface area contributed by atoms with E-state index in [1.165, 1.54) is 84.9 Å². The van der Waals surface area contributed by atoms with Gasteiger partial charge in [-0.05, 0) is 93.4 Å². The molecule has 5 heterocycles. The molecule has 0 aliphatic carbocycles. The van der Waals surface area contributed by atoms with E-state index in [0.717, 1.165) is 44.4 Å². The molecule has 0 aromatic heterocycles. The number of rotatable bonds is 24. The summed E-state index contributed by atoms with van der Waals surface area (Å²) in [7, 11) is 0. The number of carbonyl (C=O) groups is 11. The minimum atomic E-state index is -2.25. The molecule has 99 heavy (non-hydrogen) atoms. The summed E-state index contributed by atoms with van der Waals surface area (Å²) >= 11 is 0. The largest absolute Gasteiger partial charge is 0.463 e. The Balaban J connectivity index is 1.14. The Morgan fingerprint density at radius 1 is 0.455 bits per heavy atom. The predicted octanol–water partition coefficient (Wildman–Crippen LogP) is 5.56. The second-order valence-corrected chi connectivity index (χ2v) is 23.7. The maximum absolute atomic E-state index is 15.1. The van der Waals surface area contributed by atoms with Crippen molar-refractivity contribution in [3.05, 3.63) is 187 Å². The van der Waals surface area contributed by atoms with Gasteiger partial charge >= 0.3 is 41.8 Å². The highest BCUT2D eigenvalue weighted by molar-refractivity contribution is 6.22. The van der Waals surface area contributed by atoms with Crippen LogP contribution in [0.2, 0.25) is 0 Å². The number of aliphatic hydroxyl groups is 1. The van der Waals surface area contributed by atoms with E-state index in [2.05, 4.69) is 10.0 Å². The van der Waals surface area contributed by atoms with Gasteiger partial charge in [-0.2, -0.15) is 0 Å². The van der Waals surface area contributed by atoms with Crippen LogP contribution in [0.3, 0.4) is 0 Å². The van der Waals surface area contributed by atoms with Crippen LogP contribution in [0, 0.1) is 20.8 Å². The second kappa shape index (κ2) is 31.5. The highest BCUT2D eigenvalue weighted by atomic mass is 16.8. The van der Waals surface area contributed by atoms with Crippen LogP contribution in [0.15, 0.2) is 126 Å². The van der Waals surface area contributed by atoms with Crippen LogP contribution < -0.4 is 0 Å². The molecule has 10 rings (SSSR count). The minimum absolute atomic E-state index is 0.0129. The van der Waals surface area contributed by atoms with Gasteiger partial charge in [0.1, 0.15) is 43.1 Å². The highest BCUT2D eigenvalue weighted by Crippen LogP contribution is 2.41. The number of aliphatic hydroxyl groups excluding tert-OH is 1. The molecular weight excluding hydrogens is 1300 g/mol. The summed E-state index contributed by atoms with van der Waals surface area (Å²) in [5, 5.41) is 15.0. The maximum Gasteiger partial charge on any atom is 0.338 e. The molecule has 3 fully saturated rings. The van der Waals surface area contributed by atoms with Crippen molar-refractivity contribution in [2.24, 2.45) is 5.11 Å². The molecule has 0 unspecified atom stereocenters. The Hall–Kier alpha value is -10.3. The third-order valence-corrected chi connectivity index (χ3v) is 16.7. The number of ether oxygens (including phenoxy) is 13. The molecule has 0 saturated carbocycles. The zero-order valence-electron chi connectivity index (χ0n) is 54.4. The molecule has 0 bridgehead atoms. The van der Waals surface area contributed by atoms with E-state index in [0.29, 0.717) is 9.80 Å². The van der Waals surface area contributed by atoms with Gasteiger partial charge in [0.2, 0.25) is 0 Å². The summed E-state index contributed by atoms with van der Waals surface area (Å²) in [4.78, 5) is 160. The molecule has 520 valence electrons. The standard InChI is InChI=1S/C69H69N5O25/c1-34-17-23-41(24-18-34)64(84)96-53-48(31-75)93-69(59(98-66(86)43-27-21-36(3)22-28-43)58(53)97-65(85)42-25-19-35(2)20-26-42)99-57-52(74-62(82)46-15-10-11-16-47(46)63(74)83)67(87-30-12-29-71-72-70)94-50(55(57)91-39(6)78)33-89-68-51(73-60(80)44-13-8-9-14-45(44)61(73)81)56(92-40(7)79)54(90-38(5)77)49(95-68)32-88-37(4)76/h8-11,13-28,48-59,67-69,75H,12,29-33H2,1-7H3/t48-,49-,50-,51-,52-,53-,54+,55+,56-,57-,58+,59-,67-,68-,69+/m1/s1. The first-order valence-corrected chi connectivity index (χ1v) is 31.3. The average Bonchev–Trinajstić information content (AvgIpc) is 1.69. The van der Waals surface area contributed by atoms with Crippen molar-refractivity contribution in [3.8, 4) is 0 Å². The number of carbonyl (C=O) groups excluding carboxylic acids is 11. The Bertz CT molecular complexity index is 3890. The first-order valence-electron chi connectivity index (χ1n) is 31.3. The van der Waals surface area contributed by atoms with Crippen LogP contribution in [-0.2, 0) is 80.8 Å². The van der Waals surface area contributed by atoms with Gasteiger partial charge < -0.3 is 66.7 Å². The van der Waals surface area contributed by atoms with Crippen LogP contribution >= 0.6 is 0 Å². The Labute approximate surface area is 565 Å². The number of hydrogen-bond acceptors (Lipinski definition) is 26. The molecule has 3 saturated heterocycles.